The number of aromatic nitrogens is 1. The summed E-state index contributed by atoms with van der Waals surface area (Å²) in [5.41, 5.74) is 6.76. The first-order chi connectivity index (χ1) is 24.5. The van der Waals surface area contributed by atoms with Gasteiger partial charge in [-0.15, -0.1) is 0 Å². The molecule has 5 rings (SSSR count). The van der Waals surface area contributed by atoms with Gasteiger partial charge in [-0.1, -0.05) is 59.1 Å². The molecule has 3 atom stereocenters. The van der Waals surface area contributed by atoms with Crippen LogP contribution >= 0.6 is 0 Å². The molecule has 270 valence electrons. The molecule has 3 unspecified atom stereocenters. The third-order valence-corrected chi connectivity index (χ3v) is 9.98. The number of carbonyl (C=O) groups is 3. The number of sulfonamides is 1. The van der Waals surface area contributed by atoms with E-state index in [0.717, 1.165) is 9.85 Å². The molecule has 0 saturated carbocycles. The number of amides is 3. The summed E-state index contributed by atoms with van der Waals surface area (Å²) in [7, 11) is -2.87. The van der Waals surface area contributed by atoms with Crippen molar-refractivity contribution >= 4 is 38.6 Å². The third-order valence-electron chi connectivity index (χ3n) is 8.35. The quantitative estimate of drug-likeness (QED) is 0.124. The van der Waals surface area contributed by atoms with E-state index in [2.05, 4.69) is 15.6 Å². The van der Waals surface area contributed by atoms with Crippen LogP contribution in [-0.4, -0.2) is 91.9 Å². The average molecular weight is 720 g/mol. The average Bonchev–Trinajstić information content (AvgIpc) is 3.14. The minimum absolute atomic E-state index is 0.0153. The molecule has 2 heterocycles. The van der Waals surface area contributed by atoms with Crippen molar-refractivity contribution in [1.29, 1.82) is 0 Å². The number of nitrogens with one attached hydrogen (secondary N) is 2. The molecule has 1 aromatic heterocycles. The second-order valence-electron chi connectivity index (χ2n) is 12.0. The van der Waals surface area contributed by atoms with Crippen LogP contribution in [0, 0.1) is 0 Å². The summed E-state index contributed by atoms with van der Waals surface area (Å²) in [4.78, 5) is 49.4. The number of hydroxylamine groups is 1. The van der Waals surface area contributed by atoms with Crippen LogP contribution in [0.2, 0.25) is 0 Å². The van der Waals surface area contributed by atoms with Crippen molar-refractivity contribution in [2.75, 3.05) is 26.9 Å². The van der Waals surface area contributed by atoms with Crippen LogP contribution in [0.4, 0.5) is 0 Å². The van der Waals surface area contributed by atoms with Crippen molar-refractivity contribution in [3.8, 4) is 5.75 Å². The number of rotatable bonds is 16. The predicted molar refractivity (Wildman–Crippen MR) is 187 cm³/mol. The van der Waals surface area contributed by atoms with Gasteiger partial charge in [-0.2, -0.15) is 0 Å². The highest BCUT2D eigenvalue weighted by molar-refractivity contribution is 7.89. The highest BCUT2D eigenvalue weighted by Gasteiger charge is 2.35. The van der Waals surface area contributed by atoms with Crippen molar-refractivity contribution in [1.82, 2.24) is 20.1 Å². The number of nitrogens with zero attached hydrogens (tertiary/aromatic N) is 2. The fraction of sp³-hybridized carbons (Fsp3) is 0.333. The van der Waals surface area contributed by atoms with E-state index in [0.29, 0.717) is 42.9 Å². The molecule has 3 aromatic carbocycles. The minimum atomic E-state index is -4.33. The first-order valence-corrected chi connectivity index (χ1v) is 17.9. The van der Waals surface area contributed by atoms with Gasteiger partial charge in [0, 0.05) is 18.6 Å². The molecule has 1 aliphatic rings. The molecule has 0 aliphatic carbocycles. The molecule has 0 bridgehead atoms. The van der Waals surface area contributed by atoms with Gasteiger partial charge in [-0.3, -0.25) is 19.2 Å². The fourth-order valence-electron chi connectivity index (χ4n) is 5.56. The Morgan fingerprint density at radius 3 is 2.33 bits per heavy atom. The molecular weight excluding hydrogens is 678 g/mol. The Bertz CT molecular complexity index is 1910. The van der Waals surface area contributed by atoms with Crippen LogP contribution < -0.4 is 21.1 Å². The molecule has 3 amide bonds. The number of carbonyl (C=O) groups excluding carboxylic acids is 3. The predicted octanol–water partition coefficient (Wildman–Crippen LogP) is 2.11. The Kier molecular flexibility index (Phi) is 12.7. The Hall–Kier alpha value is -4.93. The standard InChI is InChI=1S/C36H41N5O9S/c1-48-26-12-14-28(15-13-26)51(46,47)41(50-27-17-19-49-20-18-27)23-33(42)31(21-24-7-3-2-4-8-24)39-36(45)32(22-34(37)43)40-35(44)30-16-11-25-9-5-6-10-29(25)38-30/h2-16,27,31-33,42H,17-23H2,1H3,(H2,37,43)(H,39,45)(H,40,44). The molecule has 0 spiro atoms. The number of fused-ring (bicyclic) bond motifs is 1. The van der Waals surface area contributed by atoms with Crippen LogP contribution in [0.3, 0.4) is 0 Å². The third kappa shape index (κ3) is 10.1. The molecule has 1 aliphatic heterocycles. The van der Waals surface area contributed by atoms with E-state index in [1.807, 2.05) is 12.1 Å². The largest absolute Gasteiger partial charge is 0.497 e. The summed E-state index contributed by atoms with van der Waals surface area (Å²) < 4.78 is 39.2. The van der Waals surface area contributed by atoms with Crippen LogP contribution in [0.1, 0.15) is 35.3 Å². The van der Waals surface area contributed by atoms with Crippen molar-refractivity contribution in [2.24, 2.45) is 5.73 Å². The molecule has 5 N–H and O–H groups in total. The van der Waals surface area contributed by atoms with E-state index < -0.39 is 65.0 Å². The molecule has 14 nitrogen and oxygen atoms in total. The maximum atomic E-state index is 13.9. The molecule has 51 heavy (non-hydrogen) atoms. The van der Waals surface area contributed by atoms with Gasteiger partial charge in [0.1, 0.15) is 17.5 Å². The number of aliphatic hydroxyl groups excluding tert-OH is 1. The maximum Gasteiger partial charge on any atom is 0.270 e. The second kappa shape index (κ2) is 17.3. The molecular formula is C36H41N5O9S. The number of benzene rings is 3. The van der Waals surface area contributed by atoms with Crippen LogP contribution in [0.5, 0.6) is 5.75 Å². The van der Waals surface area contributed by atoms with Crippen LogP contribution in [0.25, 0.3) is 10.9 Å². The molecule has 4 aromatic rings. The van der Waals surface area contributed by atoms with Gasteiger partial charge in [0.05, 0.1) is 48.7 Å². The van der Waals surface area contributed by atoms with Gasteiger partial charge < -0.3 is 30.9 Å². The van der Waals surface area contributed by atoms with Gasteiger partial charge >= 0.3 is 0 Å². The van der Waals surface area contributed by atoms with E-state index in [1.165, 1.54) is 37.4 Å². The van der Waals surface area contributed by atoms with Gasteiger partial charge in [0.15, 0.2) is 0 Å². The Balaban J connectivity index is 1.40. The van der Waals surface area contributed by atoms with Crippen LogP contribution in [-0.2, 0) is 35.6 Å². The molecule has 1 fully saturated rings. The Morgan fingerprint density at radius 2 is 1.65 bits per heavy atom. The molecule has 15 heteroatoms. The molecule has 0 radical (unpaired) electrons. The lowest BCUT2D eigenvalue weighted by Gasteiger charge is -2.33. The highest BCUT2D eigenvalue weighted by Crippen LogP contribution is 2.24. The SMILES string of the molecule is COc1ccc(S(=O)(=O)N(CC(O)C(Cc2ccccc2)NC(=O)C(CC(N)=O)NC(=O)c2ccc3ccccc3n2)OC2CCOCC2)cc1. The van der Waals surface area contributed by atoms with Crippen molar-refractivity contribution in [2.45, 2.75) is 54.9 Å². The topological polar surface area (TPSA) is 199 Å². The van der Waals surface area contributed by atoms with E-state index in [1.54, 1.807) is 48.5 Å². The second-order valence-corrected chi connectivity index (χ2v) is 13.9. The summed E-state index contributed by atoms with van der Waals surface area (Å²) in [5.74, 6) is -1.95. The lowest BCUT2D eigenvalue weighted by Crippen LogP contribution is -2.56. The maximum absolute atomic E-state index is 13.9. The minimum Gasteiger partial charge on any atom is -0.497 e. The van der Waals surface area contributed by atoms with Crippen LogP contribution in [0.15, 0.2) is 95.9 Å². The Morgan fingerprint density at radius 1 is 0.961 bits per heavy atom. The monoisotopic (exact) mass is 719 g/mol. The highest BCUT2D eigenvalue weighted by atomic mass is 32.2. The fourth-order valence-corrected chi connectivity index (χ4v) is 6.86. The Labute approximate surface area is 295 Å². The number of aliphatic hydroxyl groups is 1. The number of ether oxygens (including phenoxy) is 2. The summed E-state index contributed by atoms with van der Waals surface area (Å²) in [6.45, 7) is 0.174. The van der Waals surface area contributed by atoms with Crippen molar-refractivity contribution in [3.05, 3.63) is 102 Å². The number of pyridine rings is 1. The number of methoxy groups -OCH3 is 1. The zero-order chi connectivity index (χ0) is 36.4. The van der Waals surface area contributed by atoms with Crippen molar-refractivity contribution in [3.63, 3.8) is 0 Å². The first-order valence-electron chi connectivity index (χ1n) is 16.4. The smallest absolute Gasteiger partial charge is 0.270 e. The van der Waals surface area contributed by atoms with Gasteiger partial charge in [0.25, 0.3) is 15.9 Å². The van der Waals surface area contributed by atoms with Gasteiger partial charge in [-0.05, 0) is 61.2 Å². The summed E-state index contributed by atoms with van der Waals surface area (Å²) >= 11 is 0. The molecule has 1 saturated heterocycles. The lowest BCUT2D eigenvalue weighted by atomic mass is 10.00. The van der Waals surface area contributed by atoms with E-state index >= 15 is 0 Å². The summed E-state index contributed by atoms with van der Waals surface area (Å²) in [6, 6.07) is 22.5. The van der Waals surface area contributed by atoms with Gasteiger partial charge in [-0.25, -0.2) is 13.4 Å². The number of hydrogen-bond acceptors (Lipinski definition) is 10. The number of para-hydroxylation sites is 1. The summed E-state index contributed by atoms with van der Waals surface area (Å²) in [5, 5.41) is 17.8. The summed E-state index contributed by atoms with van der Waals surface area (Å²) in [6.07, 6.45) is -1.69. The number of nitrogens with two attached hydrogens (primary N) is 1. The zero-order valence-corrected chi connectivity index (χ0v) is 28.8. The van der Waals surface area contributed by atoms with Gasteiger partial charge in [0.2, 0.25) is 11.8 Å². The normalized spacial score (nSPS) is 15.5. The number of primary amides is 1. The van der Waals surface area contributed by atoms with E-state index in [9.17, 15) is 27.9 Å². The first kappa shape index (κ1) is 37.3. The van der Waals surface area contributed by atoms with Crippen molar-refractivity contribution < 1.29 is 42.2 Å². The zero-order valence-electron chi connectivity index (χ0n) is 28.0. The van der Waals surface area contributed by atoms with E-state index in [4.69, 9.17) is 20.0 Å². The van der Waals surface area contributed by atoms with E-state index in [-0.39, 0.29) is 17.0 Å². The lowest BCUT2D eigenvalue weighted by molar-refractivity contribution is -0.170. The number of hydrogen-bond donors (Lipinski definition) is 4.